The van der Waals surface area contributed by atoms with Crippen LogP contribution in [0.1, 0.15) is 24.9 Å². The lowest BCUT2D eigenvalue weighted by Crippen LogP contribution is -2.35. The first-order valence-corrected chi connectivity index (χ1v) is 6.66. The van der Waals surface area contributed by atoms with Gasteiger partial charge in [0.25, 0.3) is 0 Å². The molecule has 1 heterocycles. The van der Waals surface area contributed by atoms with Gasteiger partial charge in [0.05, 0.1) is 0 Å². The van der Waals surface area contributed by atoms with Gasteiger partial charge in [-0.15, -0.1) is 0 Å². The van der Waals surface area contributed by atoms with Crippen LogP contribution in [0.4, 0.5) is 0 Å². The van der Waals surface area contributed by atoms with Crippen LogP contribution in [0.15, 0.2) is 28.7 Å². The zero-order chi connectivity index (χ0) is 11.5. The molecule has 2 atom stereocenters. The molecule has 2 rings (SSSR count). The number of nitrogens with one attached hydrogen (secondary N) is 1. The molecule has 2 nitrogen and oxygen atoms in total. The van der Waals surface area contributed by atoms with Gasteiger partial charge in [-0.05, 0) is 44.6 Å². The molecule has 1 aromatic rings. The summed E-state index contributed by atoms with van der Waals surface area (Å²) in [4.78, 5) is 2.47. The Bertz CT molecular complexity index is 348. The number of nitrogens with zero attached hydrogens (tertiary/aromatic N) is 1. The second-order valence-electron chi connectivity index (χ2n) is 4.54. The third kappa shape index (κ3) is 2.65. The summed E-state index contributed by atoms with van der Waals surface area (Å²) in [5.41, 5.74) is 1.38. The van der Waals surface area contributed by atoms with E-state index in [2.05, 4.69) is 64.4 Å². The average Bonchev–Trinajstić information content (AvgIpc) is 2.80. The zero-order valence-electron chi connectivity index (χ0n) is 9.91. The van der Waals surface area contributed by atoms with Crippen LogP contribution in [0, 0.1) is 0 Å². The molecular formula is C13H19BrN2. The molecule has 0 saturated carbocycles. The summed E-state index contributed by atoms with van der Waals surface area (Å²) >= 11 is 3.53. The minimum atomic E-state index is 0.474. The van der Waals surface area contributed by atoms with Crippen LogP contribution in [0.2, 0.25) is 0 Å². The molecule has 0 bridgehead atoms. The highest BCUT2D eigenvalue weighted by atomic mass is 79.9. The summed E-state index contributed by atoms with van der Waals surface area (Å²) in [5.74, 6) is 0. The average molecular weight is 283 g/mol. The molecule has 0 aromatic heterocycles. The summed E-state index contributed by atoms with van der Waals surface area (Å²) in [7, 11) is 2.23. The van der Waals surface area contributed by atoms with Crippen LogP contribution in [-0.4, -0.2) is 31.1 Å². The van der Waals surface area contributed by atoms with Gasteiger partial charge in [-0.2, -0.15) is 0 Å². The summed E-state index contributed by atoms with van der Waals surface area (Å²) in [6.45, 7) is 4.55. The Morgan fingerprint density at radius 3 is 2.94 bits per heavy atom. The first-order valence-electron chi connectivity index (χ1n) is 5.86. The predicted octanol–water partition coefficient (Wildman–Crippen LogP) is 2.80. The molecule has 3 heteroatoms. The highest BCUT2D eigenvalue weighted by molar-refractivity contribution is 9.10. The number of benzene rings is 1. The fourth-order valence-electron chi connectivity index (χ4n) is 2.30. The first-order chi connectivity index (χ1) is 7.68. The van der Waals surface area contributed by atoms with Crippen molar-refractivity contribution in [2.45, 2.75) is 25.4 Å². The number of halogens is 1. The molecule has 1 aliphatic rings. The van der Waals surface area contributed by atoms with Crippen molar-refractivity contribution in [1.82, 2.24) is 10.2 Å². The Labute approximate surface area is 106 Å². The van der Waals surface area contributed by atoms with Gasteiger partial charge in [-0.1, -0.05) is 28.1 Å². The second kappa shape index (κ2) is 5.30. The maximum absolute atomic E-state index is 3.53. The van der Waals surface area contributed by atoms with E-state index < -0.39 is 0 Å². The molecule has 0 amide bonds. The van der Waals surface area contributed by atoms with E-state index in [0.717, 1.165) is 17.6 Å². The largest absolute Gasteiger partial charge is 0.315 e. The van der Waals surface area contributed by atoms with Crippen LogP contribution in [-0.2, 0) is 0 Å². The molecule has 1 saturated heterocycles. The van der Waals surface area contributed by atoms with E-state index in [1.54, 1.807) is 0 Å². The number of rotatable bonds is 3. The third-order valence-electron chi connectivity index (χ3n) is 3.55. The molecule has 0 radical (unpaired) electrons. The SMILES string of the molecule is CC(c1cccc(Br)c1)N(C)C1CCNC1. The Hall–Kier alpha value is -0.380. The van der Waals surface area contributed by atoms with E-state index >= 15 is 0 Å². The lowest BCUT2D eigenvalue weighted by Gasteiger charge is -2.30. The third-order valence-corrected chi connectivity index (χ3v) is 4.05. The van der Waals surface area contributed by atoms with Gasteiger partial charge >= 0.3 is 0 Å². The number of likely N-dealkylation sites (N-methyl/N-ethyl adjacent to an activating group) is 1. The van der Waals surface area contributed by atoms with Crippen LogP contribution < -0.4 is 5.32 Å². The van der Waals surface area contributed by atoms with Crippen molar-refractivity contribution in [2.24, 2.45) is 0 Å². The molecule has 0 spiro atoms. The fraction of sp³-hybridized carbons (Fsp3) is 0.538. The summed E-state index contributed by atoms with van der Waals surface area (Å²) in [6.07, 6.45) is 1.26. The smallest absolute Gasteiger partial charge is 0.0320 e. The van der Waals surface area contributed by atoms with Crippen LogP contribution in [0.5, 0.6) is 0 Å². The highest BCUT2D eigenvalue weighted by Crippen LogP contribution is 2.25. The van der Waals surface area contributed by atoms with Crippen molar-refractivity contribution in [3.8, 4) is 0 Å². The van der Waals surface area contributed by atoms with Gasteiger partial charge in [0.2, 0.25) is 0 Å². The minimum absolute atomic E-state index is 0.474. The quantitative estimate of drug-likeness (QED) is 0.917. The molecule has 2 unspecified atom stereocenters. The Kier molecular flexibility index (Phi) is 4.00. The lowest BCUT2D eigenvalue weighted by molar-refractivity contribution is 0.197. The van der Waals surface area contributed by atoms with E-state index in [4.69, 9.17) is 0 Å². The van der Waals surface area contributed by atoms with Gasteiger partial charge < -0.3 is 5.32 Å². The number of hydrogen-bond acceptors (Lipinski definition) is 2. The first kappa shape index (κ1) is 12.1. The summed E-state index contributed by atoms with van der Waals surface area (Å²) in [6, 6.07) is 9.75. The molecule has 88 valence electrons. The molecular weight excluding hydrogens is 264 g/mol. The van der Waals surface area contributed by atoms with Crippen molar-refractivity contribution < 1.29 is 0 Å². The van der Waals surface area contributed by atoms with Crippen LogP contribution in [0.25, 0.3) is 0 Å². The molecule has 1 aromatic carbocycles. The maximum Gasteiger partial charge on any atom is 0.0320 e. The van der Waals surface area contributed by atoms with Crippen molar-refractivity contribution in [2.75, 3.05) is 20.1 Å². The van der Waals surface area contributed by atoms with E-state index in [1.165, 1.54) is 12.0 Å². The Balaban J connectivity index is 2.08. The topological polar surface area (TPSA) is 15.3 Å². The van der Waals surface area contributed by atoms with Gasteiger partial charge in [-0.3, -0.25) is 4.90 Å². The van der Waals surface area contributed by atoms with Crippen molar-refractivity contribution in [3.63, 3.8) is 0 Å². The molecule has 1 fully saturated rings. The Morgan fingerprint density at radius 2 is 2.31 bits per heavy atom. The highest BCUT2D eigenvalue weighted by Gasteiger charge is 2.23. The van der Waals surface area contributed by atoms with Gasteiger partial charge in [0.15, 0.2) is 0 Å². The van der Waals surface area contributed by atoms with E-state index in [0.29, 0.717) is 12.1 Å². The molecule has 0 aliphatic carbocycles. The summed E-state index contributed by atoms with van der Waals surface area (Å²) in [5, 5.41) is 3.42. The van der Waals surface area contributed by atoms with Crippen LogP contribution >= 0.6 is 15.9 Å². The van der Waals surface area contributed by atoms with E-state index in [9.17, 15) is 0 Å². The zero-order valence-corrected chi connectivity index (χ0v) is 11.5. The minimum Gasteiger partial charge on any atom is -0.315 e. The fourth-order valence-corrected chi connectivity index (χ4v) is 2.72. The van der Waals surface area contributed by atoms with Crippen molar-refractivity contribution in [3.05, 3.63) is 34.3 Å². The monoisotopic (exact) mass is 282 g/mol. The molecule has 1 N–H and O–H groups in total. The van der Waals surface area contributed by atoms with Gasteiger partial charge in [0.1, 0.15) is 0 Å². The van der Waals surface area contributed by atoms with Gasteiger partial charge in [0, 0.05) is 23.1 Å². The van der Waals surface area contributed by atoms with Crippen molar-refractivity contribution in [1.29, 1.82) is 0 Å². The van der Waals surface area contributed by atoms with Crippen LogP contribution in [0.3, 0.4) is 0 Å². The maximum atomic E-state index is 3.53. The second-order valence-corrected chi connectivity index (χ2v) is 5.46. The summed E-state index contributed by atoms with van der Waals surface area (Å²) < 4.78 is 1.16. The predicted molar refractivity (Wildman–Crippen MR) is 71.6 cm³/mol. The van der Waals surface area contributed by atoms with E-state index in [1.807, 2.05) is 0 Å². The number of hydrogen-bond donors (Lipinski definition) is 1. The normalized spacial score (nSPS) is 22.6. The molecule has 1 aliphatic heterocycles. The lowest BCUT2D eigenvalue weighted by atomic mass is 10.1. The standard InChI is InChI=1S/C13H19BrN2/c1-10(11-4-3-5-12(14)8-11)16(2)13-6-7-15-9-13/h3-5,8,10,13,15H,6-7,9H2,1-2H3. The van der Waals surface area contributed by atoms with Crippen molar-refractivity contribution >= 4 is 15.9 Å². The van der Waals surface area contributed by atoms with E-state index in [-0.39, 0.29) is 0 Å². The van der Waals surface area contributed by atoms with Gasteiger partial charge in [-0.25, -0.2) is 0 Å². The molecule has 16 heavy (non-hydrogen) atoms. The Morgan fingerprint density at radius 1 is 1.50 bits per heavy atom.